The van der Waals surface area contributed by atoms with Crippen LogP contribution in [0.1, 0.15) is 36.8 Å². The van der Waals surface area contributed by atoms with Crippen LogP contribution >= 0.6 is 0 Å². The first-order valence-electron chi connectivity index (χ1n) is 6.56. The molecule has 0 heterocycles. The fourth-order valence-electron chi connectivity index (χ4n) is 2.65. The maximum Gasteiger partial charge on any atom is 0.102 e. The molecule has 1 aromatic rings. The Morgan fingerprint density at radius 1 is 1.24 bits per heavy atom. The third kappa shape index (κ3) is 2.15. The summed E-state index contributed by atoms with van der Waals surface area (Å²) in [4.78, 5) is 0. The fourth-order valence-corrected chi connectivity index (χ4v) is 2.65. The van der Waals surface area contributed by atoms with Crippen molar-refractivity contribution < 1.29 is 0 Å². The van der Waals surface area contributed by atoms with Crippen LogP contribution < -0.4 is 5.32 Å². The lowest BCUT2D eigenvalue weighted by Gasteiger charge is -2.20. The third-order valence-electron chi connectivity index (χ3n) is 3.97. The van der Waals surface area contributed by atoms with E-state index in [2.05, 4.69) is 11.4 Å². The Morgan fingerprint density at radius 2 is 1.88 bits per heavy atom. The molecule has 0 saturated heterocycles. The van der Waals surface area contributed by atoms with Crippen molar-refractivity contribution in [2.45, 2.75) is 38.6 Å². The molecule has 1 N–H and O–H groups in total. The molecule has 88 valence electrons. The van der Waals surface area contributed by atoms with Crippen molar-refractivity contribution >= 4 is 5.69 Å². The zero-order valence-electron chi connectivity index (χ0n) is 10.2. The maximum absolute atomic E-state index is 9.23. The van der Waals surface area contributed by atoms with Crippen molar-refractivity contribution in [3.63, 3.8) is 0 Å². The minimum absolute atomic E-state index is 0.615. The Hall–Kier alpha value is -1.49. The minimum atomic E-state index is 0.615. The molecule has 0 aromatic heterocycles. The van der Waals surface area contributed by atoms with Gasteiger partial charge >= 0.3 is 0 Å². The van der Waals surface area contributed by atoms with E-state index in [1.807, 2.05) is 25.1 Å². The zero-order chi connectivity index (χ0) is 11.8. The van der Waals surface area contributed by atoms with Gasteiger partial charge in [-0.3, -0.25) is 0 Å². The lowest BCUT2D eigenvalue weighted by molar-refractivity contribution is 0.567. The highest BCUT2D eigenvalue weighted by atomic mass is 15.0. The molecule has 0 unspecified atom stereocenters. The highest BCUT2D eigenvalue weighted by molar-refractivity contribution is 5.61. The number of rotatable bonds is 4. The Morgan fingerprint density at radius 3 is 2.41 bits per heavy atom. The molecule has 2 heteroatoms. The highest BCUT2D eigenvalue weighted by Gasteiger charge is 2.41. The molecule has 1 aromatic carbocycles. The number of aryl methyl sites for hydroxylation is 1. The largest absolute Gasteiger partial charge is 0.381 e. The van der Waals surface area contributed by atoms with Gasteiger partial charge in [-0.25, -0.2) is 0 Å². The van der Waals surface area contributed by atoms with E-state index in [1.165, 1.54) is 25.7 Å². The normalized spacial score (nSPS) is 19.1. The van der Waals surface area contributed by atoms with E-state index >= 15 is 0 Å². The standard InChI is InChI=1S/C15H18N2/c1-10-3-2-4-14(13(10)9-16)17-15(11-5-6-11)12-7-8-12/h2-4,11-12,15,17H,5-8H2,1H3. The summed E-state index contributed by atoms with van der Waals surface area (Å²) >= 11 is 0. The van der Waals surface area contributed by atoms with Gasteiger partial charge in [0.15, 0.2) is 0 Å². The van der Waals surface area contributed by atoms with E-state index in [0.717, 1.165) is 28.7 Å². The topological polar surface area (TPSA) is 35.8 Å². The predicted molar refractivity (Wildman–Crippen MR) is 68.8 cm³/mol. The number of benzene rings is 1. The van der Waals surface area contributed by atoms with Crippen molar-refractivity contribution in [1.82, 2.24) is 0 Å². The fraction of sp³-hybridized carbons (Fsp3) is 0.533. The number of hydrogen-bond donors (Lipinski definition) is 1. The van der Waals surface area contributed by atoms with Crippen LogP contribution in [-0.4, -0.2) is 6.04 Å². The van der Waals surface area contributed by atoms with E-state index in [4.69, 9.17) is 0 Å². The molecule has 0 spiro atoms. The van der Waals surface area contributed by atoms with Crippen LogP contribution in [0, 0.1) is 30.1 Å². The summed E-state index contributed by atoms with van der Waals surface area (Å²) in [6, 6.07) is 9.03. The first-order chi connectivity index (χ1) is 8.29. The number of anilines is 1. The molecular formula is C15H18N2. The second-order valence-electron chi connectivity index (χ2n) is 5.45. The SMILES string of the molecule is Cc1cccc(NC(C2CC2)C2CC2)c1C#N. The first kappa shape index (κ1) is 10.7. The quantitative estimate of drug-likeness (QED) is 0.853. The second kappa shape index (κ2) is 4.07. The van der Waals surface area contributed by atoms with Gasteiger partial charge in [0.2, 0.25) is 0 Å². The lowest BCUT2D eigenvalue weighted by atomic mass is 10.0. The van der Waals surface area contributed by atoms with Gasteiger partial charge in [-0.05, 0) is 56.1 Å². The zero-order valence-corrected chi connectivity index (χ0v) is 10.2. The van der Waals surface area contributed by atoms with E-state index < -0.39 is 0 Å². The monoisotopic (exact) mass is 226 g/mol. The highest BCUT2D eigenvalue weighted by Crippen LogP contribution is 2.46. The molecule has 2 saturated carbocycles. The van der Waals surface area contributed by atoms with Crippen LogP contribution in [0.5, 0.6) is 0 Å². The summed E-state index contributed by atoms with van der Waals surface area (Å²) in [7, 11) is 0. The van der Waals surface area contributed by atoms with Gasteiger partial charge in [-0.15, -0.1) is 0 Å². The summed E-state index contributed by atoms with van der Waals surface area (Å²) in [6.07, 6.45) is 5.45. The molecule has 0 amide bonds. The number of nitrogens with one attached hydrogen (secondary N) is 1. The van der Waals surface area contributed by atoms with Crippen molar-refractivity contribution in [3.05, 3.63) is 29.3 Å². The van der Waals surface area contributed by atoms with Crippen LogP contribution in [0.2, 0.25) is 0 Å². The molecular weight excluding hydrogens is 208 g/mol. The summed E-state index contributed by atoms with van der Waals surface area (Å²) in [5.74, 6) is 1.71. The van der Waals surface area contributed by atoms with Crippen molar-refractivity contribution in [2.24, 2.45) is 11.8 Å². The molecule has 2 fully saturated rings. The maximum atomic E-state index is 9.23. The number of nitriles is 1. The molecule has 2 aliphatic carbocycles. The smallest absolute Gasteiger partial charge is 0.102 e. The third-order valence-corrected chi connectivity index (χ3v) is 3.97. The van der Waals surface area contributed by atoms with Crippen LogP contribution in [0.25, 0.3) is 0 Å². The van der Waals surface area contributed by atoms with E-state index in [0.29, 0.717) is 6.04 Å². The van der Waals surface area contributed by atoms with E-state index in [1.54, 1.807) is 0 Å². The molecule has 2 aliphatic rings. The van der Waals surface area contributed by atoms with E-state index in [9.17, 15) is 5.26 Å². The summed E-state index contributed by atoms with van der Waals surface area (Å²) in [5.41, 5.74) is 2.93. The molecule has 17 heavy (non-hydrogen) atoms. The Balaban J connectivity index is 1.84. The van der Waals surface area contributed by atoms with Gasteiger partial charge in [0.25, 0.3) is 0 Å². The van der Waals surface area contributed by atoms with Crippen molar-refractivity contribution in [3.8, 4) is 6.07 Å². The molecule has 0 atom stereocenters. The minimum Gasteiger partial charge on any atom is -0.381 e. The summed E-state index contributed by atoms with van der Waals surface area (Å²) in [5, 5.41) is 12.9. The van der Waals surface area contributed by atoms with Crippen LogP contribution in [-0.2, 0) is 0 Å². The first-order valence-corrected chi connectivity index (χ1v) is 6.56. The number of hydrogen-bond acceptors (Lipinski definition) is 2. The van der Waals surface area contributed by atoms with Crippen LogP contribution in [0.15, 0.2) is 18.2 Å². The Kier molecular flexibility index (Phi) is 2.55. The average Bonchev–Trinajstić information content (AvgIpc) is 3.16. The predicted octanol–water partition coefficient (Wildman–Crippen LogP) is 3.47. The van der Waals surface area contributed by atoms with Gasteiger partial charge < -0.3 is 5.32 Å². The number of nitrogens with zero attached hydrogens (tertiary/aromatic N) is 1. The van der Waals surface area contributed by atoms with Crippen LogP contribution in [0.3, 0.4) is 0 Å². The molecule has 0 radical (unpaired) electrons. The van der Waals surface area contributed by atoms with Gasteiger partial charge in [0.05, 0.1) is 11.3 Å². The van der Waals surface area contributed by atoms with Gasteiger partial charge in [0.1, 0.15) is 6.07 Å². The lowest BCUT2D eigenvalue weighted by Crippen LogP contribution is -2.24. The summed E-state index contributed by atoms with van der Waals surface area (Å²) in [6.45, 7) is 2.01. The van der Waals surface area contributed by atoms with Gasteiger partial charge in [-0.1, -0.05) is 12.1 Å². The second-order valence-corrected chi connectivity index (χ2v) is 5.45. The van der Waals surface area contributed by atoms with Crippen molar-refractivity contribution in [2.75, 3.05) is 5.32 Å². The summed E-state index contributed by atoms with van der Waals surface area (Å²) < 4.78 is 0. The Labute approximate surface area is 103 Å². The molecule has 2 nitrogen and oxygen atoms in total. The van der Waals surface area contributed by atoms with Gasteiger partial charge in [0, 0.05) is 6.04 Å². The van der Waals surface area contributed by atoms with Crippen molar-refractivity contribution in [1.29, 1.82) is 5.26 Å². The molecule has 3 rings (SSSR count). The van der Waals surface area contributed by atoms with Crippen LogP contribution in [0.4, 0.5) is 5.69 Å². The van der Waals surface area contributed by atoms with E-state index in [-0.39, 0.29) is 0 Å². The molecule has 0 bridgehead atoms. The molecule has 0 aliphatic heterocycles. The van der Waals surface area contributed by atoms with Gasteiger partial charge in [-0.2, -0.15) is 5.26 Å². The Bertz CT molecular complexity index is 452. The average molecular weight is 226 g/mol.